The summed E-state index contributed by atoms with van der Waals surface area (Å²) in [7, 11) is 3.90. The van der Waals surface area contributed by atoms with Gasteiger partial charge in [0, 0.05) is 18.6 Å². The van der Waals surface area contributed by atoms with E-state index in [9.17, 15) is 0 Å². The number of aryl methyl sites for hydroxylation is 1. The van der Waals surface area contributed by atoms with E-state index in [-0.39, 0.29) is 5.54 Å². The van der Waals surface area contributed by atoms with Crippen LogP contribution in [0.5, 0.6) is 5.75 Å². The summed E-state index contributed by atoms with van der Waals surface area (Å²) >= 11 is 0. The van der Waals surface area contributed by atoms with Gasteiger partial charge in [0.25, 0.3) is 0 Å². The van der Waals surface area contributed by atoms with Gasteiger partial charge in [0.1, 0.15) is 5.75 Å². The highest BCUT2D eigenvalue weighted by Gasteiger charge is 2.28. The van der Waals surface area contributed by atoms with E-state index >= 15 is 0 Å². The molecule has 21 heavy (non-hydrogen) atoms. The van der Waals surface area contributed by atoms with E-state index in [4.69, 9.17) is 10.5 Å². The predicted octanol–water partition coefficient (Wildman–Crippen LogP) is 3.32. The molecule has 3 nitrogen and oxygen atoms in total. The van der Waals surface area contributed by atoms with Crippen LogP contribution in [0.2, 0.25) is 0 Å². The van der Waals surface area contributed by atoms with E-state index in [1.54, 1.807) is 7.11 Å². The predicted molar refractivity (Wildman–Crippen MR) is 90.9 cm³/mol. The number of methoxy groups -OCH3 is 1. The van der Waals surface area contributed by atoms with Gasteiger partial charge in [-0.15, -0.1) is 0 Å². The first-order valence-electron chi connectivity index (χ1n) is 7.99. The van der Waals surface area contributed by atoms with Crippen LogP contribution in [0.4, 0.5) is 0 Å². The fraction of sp³-hybridized carbons (Fsp3) is 0.667. The second-order valence-electron chi connectivity index (χ2n) is 6.44. The summed E-state index contributed by atoms with van der Waals surface area (Å²) in [5, 5.41) is 0. The van der Waals surface area contributed by atoms with E-state index in [1.807, 2.05) is 12.1 Å². The van der Waals surface area contributed by atoms with Gasteiger partial charge in [-0.1, -0.05) is 32.4 Å². The number of hydrogen-bond donors (Lipinski definition) is 1. The zero-order chi connectivity index (χ0) is 15.9. The molecule has 3 heteroatoms. The van der Waals surface area contributed by atoms with Gasteiger partial charge in [-0.05, 0) is 50.4 Å². The Hall–Kier alpha value is -1.06. The normalized spacial score (nSPS) is 15.8. The minimum atomic E-state index is 0.0589. The molecule has 0 aliphatic carbocycles. The van der Waals surface area contributed by atoms with Gasteiger partial charge in [-0.2, -0.15) is 0 Å². The number of ether oxygens (including phenoxy) is 1. The molecule has 1 rings (SSSR count). The molecule has 0 spiro atoms. The number of hydrogen-bond acceptors (Lipinski definition) is 3. The van der Waals surface area contributed by atoms with Crippen molar-refractivity contribution in [3.05, 3.63) is 29.8 Å². The monoisotopic (exact) mass is 292 g/mol. The Morgan fingerprint density at radius 3 is 2.38 bits per heavy atom. The van der Waals surface area contributed by atoms with Crippen LogP contribution in [0.1, 0.15) is 39.2 Å². The number of rotatable bonds is 9. The van der Waals surface area contributed by atoms with Crippen LogP contribution in [-0.2, 0) is 6.42 Å². The lowest BCUT2D eigenvalue weighted by atomic mass is 9.90. The lowest BCUT2D eigenvalue weighted by Crippen LogP contribution is -2.51. The van der Waals surface area contributed by atoms with Crippen LogP contribution in [0.3, 0.4) is 0 Å². The highest BCUT2D eigenvalue weighted by Crippen LogP contribution is 2.22. The van der Waals surface area contributed by atoms with Gasteiger partial charge in [0.05, 0.1) is 7.11 Å². The summed E-state index contributed by atoms with van der Waals surface area (Å²) in [5.74, 6) is 1.62. The Bertz CT molecular complexity index is 404. The molecule has 0 fully saturated rings. The summed E-state index contributed by atoms with van der Waals surface area (Å²) in [5.41, 5.74) is 7.47. The second kappa shape index (κ2) is 8.40. The topological polar surface area (TPSA) is 38.5 Å². The highest BCUT2D eigenvalue weighted by molar-refractivity contribution is 5.27. The minimum Gasteiger partial charge on any atom is -0.497 e. The number of benzene rings is 1. The Morgan fingerprint density at radius 2 is 1.90 bits per heavy atom. The highest BCUT2D eigenvalue weighted by atomic mass is 16.5. The van der Waals surface area contributed by atoms with Gasteiger partial charge in [0.15, 0.2) is 0 Å². The lowest BCUT2D eigenvalue weighted by molar-refractivity contribution is 0.115. The molecule has 0 bridgehead atoms. The molecule has 2 unspecified atom stereocenters. The van der Waals surface area contributed by atoms with Crippen LogP contribution in [0.25, 0.3) is 0 Å². The molecule has 0 aromatic heterocycles. The van der Waals surface area contributed by atoms with Crippen LogP contribution in [0, 0.1) is 5.92 Å². The first kappa shape index (κ1) is 18.0. The molecule has 0 amide bonds. The van der Waals surface area contributed by atoms with E-state index in [0.29, 0.717) is 12.5 Å². The van der Waals surface area contributed by atoms with Crippen molar-refractivity contribution in [1.82, 2.24) is 4.90 Å². The van der Waals surface area contributed by atoms with Crippen molar-refractivity contribution < 1.29 is 4.74 Å². The summed E-state index contributed by atoms with van der Waals surface area (Å²) in [6, 6.07) is 8.34. The molecule has 0 saturated carbocycles. The van der Waals surface area contributed by atoms with Gasteiger partial charge >= 0.3 is 0 Å². The van der Waals surface area contributed by atoms with Gasteiger partial charge in [-0.3, -0.25) is 4.90 Å². The largest absolute Gasteiger partial charge is 0.497 e. The third-order valence-corrected chi connectivity index (χ3v) is 4.76. The molecular formula is C18H32N2O. The minimum absolute atomic E-state index is 0.0589. The molecule has 1 aromatic rings. The van der Waals surface area contributed by atoms with Crippen LogP contribution < -0.4 is 10.5 Å². The van der Waals surface area contributed by atoms with E-state index in [2.05, 4.69) is 44.9 Å². The Morgan fingerprint density at radius 1 is 1.29 bits per heavy atom. The molecule has 0 aliphatic rings. The Balaban J connectivity index is 2.62. The second-order valence-corrected chi connectivity index (χ2v) is 6.44. The molecule has 0 heterocycles. The maximum atomic E-state index is 6.07. The SMILES string of the molecule is CCC(C)CN(C)C(C)(CN)CCc1ccc(OC)cc1. The summed E-state index contributed by atoms with van der Waals surface area (Å²) in [6.45, 7) is 8.62. The quantitative estimate of drug-likeness (QED) is 0.759. The van der Waals surface area contributed by atoms with Gasteiger partial charge in [0.2, 0.25) is 0 Å². The van der Waals surface area contributed by atoms with Crippen molar-refractivity contribution in [2.75, 3.05) is 27.2 Å². The first-order valence-corrected chi connectivity index (χ1v) is 7.99. The van der Waals surface area contributed by atoms with E-state index < -0.39 is 0 Å². The zero-order valence-electron chi connectivity index (χ0n) is 14.4. The molecule has 2 N–H and O–H groups in total. The fourth-order valence-electron chi connectivity index (χ4n) is 2.47. The van der Waals surface area contributed by atoms with Crippen molar-refractivity contribution in [2.24, 2.45) is 11.7 Å². The van der Waals surface area contributed by atoms with Crippen molar-refractivity contribution in [3.63, 3.8) is 0 Å². The van der Waals surface area contributed by atoms with Crippen molar-refractivity contribution >= 4 is 0 Å². The maximum Gasteiger partial charge on any atom is 0.118 e. The molecule has 2 atom stereocenters. The third kappa shape index (κ3) is 5.33. The number of nitrogens with two attached hydrogens (primary N) is 1. The standard InChI is InChI=1S/C18H32N2O/c1-6-15(2)13-20(4)18(3,14-19)12-11-16-7-9-17(21-5)10-8-16/h7-10,15H,6,11-14,19H2,1-5H3. The van der Waals surface area contributed by atoms with Crippen LogP contribution in [-0.4, -0.2) is 37.7 Å². The molecule has 0 aliphatic heterocycles. The molecular weight excluding hydrogens is 260 g/mol. The third-order valence-electron chi connectivity index (χ3n) is 4.76. The Kier molecular flexibility index (Phi) is 7.20. The van der Waals surface area contributed by atoms with Crippen molar-refractivity contribution in [3.8, 4) is 5.75 Å². The lowest BCUT2D eigenvalue weighted by Gasteiger charge is -2.39. The smallest absolute Gasteiger partial charge is 0.118 e. The maximum absolute atomic E-state index is 6.07. The van der Waals surface area contributed by atoms with Crippen LogP contribution >= 0.6 is 0 Å². The fourth-order valence-corrected chi connectivity index (χ4v) is 2.47. The zero-order valence-corrected chi connectivity index (χ0v) is 14.4. The van der Waals surface area contributed by atoms with Crippen LogP contribution in [0.15, 0.2) is 24.3 Å². The number of nitrogens with zero attached hydrogens (tertiary/aromatic N) is 1. The van der Waals surface area contributed by atoms with E-state index in [0.717, 1.165) is 25.1 Å². The first-order chi connectivity index (χ1) is 9.95. The van der Waals surface area contributed by atoms with Crippen molar-refractivity contribution in [2.45, 2.75) is 45.6 Å². The molecule has 0 saturated heterocycles. The van der Waals surface area contributed by atoms with Gasteiger partial charge in [-0.25, -0.2) is 0 Å². The summed E-state index contributed by atoms with van der Waals surface area (Å²) < 4.78 is 5.20. The summed E-state index contributed by atoms with van der Waals surface area (Å²) in [4.78, 5) is 2.44. The summed E-state index contributed by atoms with van der Waals surface area (Å²) in [6.07, 6.45) is 3.33. The number of likely N-dealkylation sites (N-methyl/N-ethyl adjacent to an activating group) is 1. The van der Waals surface area contributed by atoms with Gasteiger partial charge < -0.3 is 10.5 Å². The molecule has 120 valence electrons. The molecule has 1 aromatic carbocycles. The average molecular weight is 292 g/mol. The average Bonchev–Trinajstić information content (AvgIpc) is 2.52. The molecule has 0 radical (unpaired) electrons. The van der Waals surface area contributed by atoms with Crippen molar-refractivity contribution in [1.29, 1.82) is 0 Å². The van der Waals surface area contributed by atoms with E-state index in [1.165, 1.54) is 12.0 Å². The Labute approximate surface area is 130 Å².